The Bertz CT molecular complexity index is 1020. The molecular formula is C23H27N4OS+. The fourth-order valence-electron chi connectivity index (χ4n) is 3.75. The Kier molecular flexibility index (Phi) is 5.92. The van der Waals surface area contributed by atoms with E-state index in [1.165, 1.54) is 25.2 Å². The number of rotatable bonds is 5. The van der Waals surface area contributed by atoms with E-state index in [2.05, 4.69) is 30.1 Å². The van der Waals surface area contributed by atoms with Crippen molar-refractivity contribution in [2.75, 3.05) is 42.9 Å². The molecule has 0 bridgehead atoms. The summed E-state index contributed by atoms with van der Waals surface area (Å²) in [6.07, 6.45) is 3.41. The van der Waals surface area contributed by atoms with E-state index in [-0.39, 0.29) is 5.91 Å². The Balaban J connectivity index is 1.49. The minimum absolute atomic E-state index is 0.128. The maximum atomic E-state index is 12.2. The summed E-state index contributed by atoms with van der Waals surface area (Å²) in [5.74, 6) is 0.928. The largest absolute Gasteiger partial charge is 0.345 e. The van der Waals surface area contributed by atoms with Gasteiger partial charge in [0, 0.05) is 22.0 Å². The Morgan fingerprint density at radius 2 is 2.10 bits per heavy atom. The van der Waals surface area contributed by atoms with Crippen molar-refractivity contribution in [2.45, 2.75) is 13.8 Å². The summed E-state index contributed by atoms with van der Waals surface area (Å²) in [6, 6.07) is 12.1. The minimum atomic E-state index is -0.128. The molecule has 4 rings (SSSR count). The van der Waals surface area contributed by atoms with Crippen molar-refractivity contribution < 1.29 is 9.69 Å². The van der Waals surface area contributed by atoms with Gasteiger partial charge in [0.15, 0.2) is 0 Å². The molecule has 0 unspecified atom stereocenters. The van der Waals surface area contributed by atoms with Gasteiger partial charge < -0.3 is 15.1 Å². The first-order valence-corrected chi connectivity index (χ1v) is 11.0. The fourth-order valence-corrected chi connectivity index (χ4v) is 4.37. The van der Waals surface area contributed by atoms with Gasteiger partial charge >= 0.3 is 0 Å². The van der Waals surface area contributed by atoms with Crippen LogP contribution in [-0.2, 0) is 4.79 Å². The van der Waals surface area contributed by atoms with Crippen LogP contribution in [0.2, 0.25) is 0 Å². The van der Waals surface area contributed by atoms with E-state index in [9.17, 15) is 4.79 Å². The van der Waals surface area contributed by atoms with E-state index < -0.39 is 0 Å². The molecule has 0 atom stereocenters. The second-order valence-corrected chi connectivity index (χ2v) is 8.44. The Morgan fingerprint density at radius 3 is 2.83 bits per heavy atom. The van der Waals surface area contributed by atoms with Gasteiger partial charge in [-0.1, -0.05) is 6.07 Å². The summed E-state index contributed by atoms with van der Waals surface area (Å²) in [5.41, 5.74) is 2.94. The van der Waals surface area contributed by atoms with Gasteiger partial charge in [0.2, 0.25) is 5.91 Å². The Hall–Kier alpha value is -2.70. The van der Waals surface area contributed by atoms with Crippen LogP contribution >= 0.6 is 11.3 Å². The van der Waals surface area contributed by atoms with E-state index >= 15 is 0 Å². The summed E-state index contributed by atoms with van der Waals surface area (Å²) in [7, 11) is 0. The van der Waals surface area contributed by atoms with Gasteiger partial charge in [-0.05, 0) is 61.2 Å². The summed E-state index contributed by atoms with van der Waals surface area (Å²) < 4.78 is 0. The van der Waals surface area contributed by atoms with Crippen LogP contribution in [0.1, 0.15) is 17.4 Å². The molecule has 0 saturated carbocycles. The number of nitrogens with one attached hydrogen (secondary N) is 2. The predicted molar refractivity (Wildman–Crippen MR) is 122 cm³/mol. The molecule has 2 N–H and O–H groups in total. The van der Waals surface area contributed by atoms with Gasteiger partial charge in [-0.3, -0.25) is 4.79 Å². The molecule has 5 nitrogen and oxygen atoms in total. The lowest BCUT2D eigenvalue weighted by Crippen LogP contribution is -3.14. The van der Waals surface area contributed by atoms with E-state index in [1.54, 1.807) is 22.3 Å². The number of carbonyl (C=O) groups excluding carboxylic acids is 1. The van der Waals surface area contributed by atoms with Crippen molar-refractivity contribution >= 4 is 45.7 Å². The zero-order chi connectivity index (χ0) is 20.2. The van der Waals surface area contributed by atoms with E-state index in [0.29, 0.717) is 0 Å². The van der Waals surface area contributed by atoms with Gasteiger partial charge in [0.05, 0.1) is 38.2 Å². The van der Waals surface area contributed by atoms with Crippen LogP contribution in [0.4, 0.5) is 11.5 Å². The number of anilines is 2. The van der Waals surface area contributed by atoms with Gasteiger partial charge in [-0.25, -0.2) is 4.98 Å². The second kappa shape index (κ2) is 8.76. The van der Waals surface area contributed by atoms with Crippen molar-refractivity contribution in [2.24, 2.45) is 0 Å². The highest BCUT2D eigenvalue weighted by Crippen LogP contribution is 2.25. The van der Waals surface area contributed by atoms with Crippen LogP contribution in [0.15, 0.2) is 47.9 Å². The van der Waals surface area contributed by atoms with Gasteiger partial charge in [-0.15, -0.1) is 11.3 Å². The monoisotopic (exact) mass is 407 g/mol. The summed E-state index contributed by atoms with van der Waals surface area (Å²) in [5, 5.41) is 6.02. The average molecular weight is 408 g/mol. The van der Waals surface area contributed by atoms with Crippen LogP contribution in [0.5, 0.6) is 0 Å². The number of benzene rings is 1. The molecule has 0 aliphatic carbocycles. The number of carbonyl (C=O) groups is 1. The molecule has 1 fully saturated rings. The SMILES string of the molecule is CC[NH+]1CCN(c2cc(C)c3cc(NC(=O)C=Cc4cccs4)ccc3n2)CC1. The van der Waals surface area contributed by atoms with Crippen molar-refractivity contribution in [3.63, 3.8) is 0 Å². The van der Waals surface area contributed by atoms with Crippen molar-refractivity contribution in [1.82, 2.24) is 4.98 Å². The standard InChI is InChI=1S/C23H26N4OS/c1-3-26-10-12-27(13-11-26)22-15-17(2)20-16-18(6-8-21(20)25-22)24-23(28)9-7-19-5-4-14-29-19/h4-9,14-16H,3,10-13H2,1-2H3,(H,24,28)/p+1. The highest BCUT2D eigenvalue weighted by Gasteiger charge is 2.20. The maximum Gasteiger partial charge on any atom is 0.248 e. The average Bonchev–Trinajstić information content (AvgIpc) is 3.26. The first-order chi connectivity index (χ1) is 14.1. The summed E-state index contributed by atoms with van der Waals surface area (Å²) in [4.78, 5) is 22.2. The number of hydrogen-bond donors (Lipinski definition) is 2. The maximum absolute atomic E-state index is 12.2. The molecule has 1 amide bonds. The van der Waals surface area contributed by atoms with E-state index in [0.717, 1.165) is 40.4 Å². The number of thiophene rings is 1. The lowest BCUT2D eigenvalue weighted by molar-refractivity contribution is -0.898. The molecule has 6 heteroatoms. The molecule has 0 radical (unpaired) electrons. The molecule has 1 saturated heterocycles. The predicted octanol–water partition coefficient (Wildman–Crippen LogP) is 2.98. The topological polar surface area (TPSA) is 49.7 Å². The molecule has 2 aromatic heterocycles. The molecule has 3 aromatic rings. The minimum Gasteiger partial charge on any atom is -0.345 e. The summed E-state index contributed by atoms with van der Waals surface area (Å²) >= 11 is 1.61. The third-order valence-corrected chi connectivity index (χ3v) is 6.34. The van der Waals surface area contributed by atoms with Crippen LogP contribution in [0.3, 0.4) is 0 Å². The number of pyridine rings is 1. The zero-order valence-electron chi connectivity index (χ0n) is 16.9. The number of piperazine rings is 1. The van der Waals surface area contributed by atoms with Crippen molar-refractivity contribution in [1.29, 1.82) is 0 Å². The Labute approximate surface area is 175 Å². The smallest absolute Gasteiger partial charge is 0.248 e. The summed E-state index contributed by atoms with van der Waals surface area (Å²) in [6.45, 7) is 9.98. The molecule has 0 spiro atoms. The number of aromatic nitrogens is 1. The molecule has 1 aromatic carbocycles. The van der Waals surface area contributed by atoms with Crippen LogP contribution in [-0.4, -0.2) is 43.6 Å². The number of quaternary nitrogens is 1. The van der Waals surface area contributed by atoms with Crippen molar-refractivity contribution in [3.8, 4) is 0 Å². The molecule has 1 aliphatic heterocycles. The van der Waals surface area contributed by atoms with Crippen LogP contribution < -0.4 is 15.1 Å². The first kappa shape index (κ1) is 19.6. The lowest BCUT2D eigenvalue weighted by atomic mass is 10.1. The molecule has 3 heterocycles. The third-order valence-electron chi connectivity index (χ3n) is 5.51. The first-order valence-electron chi connectivity index (χ1n) is 10.1. The number of hydrogen-bond acceptors (Lipinski definition) is 4. The zero-order valence-corrected chi connectivity index (χ0v) is 17.8. The van der Waals surface area contributed by atoms with Crippen LogP contribution in [0, 0.1) is 6.92 Å². The van der Waals surface area contributed by atoms with Crippen molar-refractivity contribution in [3.05, 3.63) is 58.3 Å². The van der Waals surface area contributed by atoms with Crippen LogP contribution in [0.25, 0.3) is 17.0 Å². The second-order valence-electron chi connectivity index (χ2n) is 7.46. The lowest BCUT2D eigenvalue weighted by Gasteiger charge is -2.32. The normalized spacial score (nSPS) is 15.3. The Morgan fingerprint density at radius 1 is 1.28 bits per heavy atom. The van der Waals surface area contributed by atoms with Gasteiger partial charge in [-0.2, -0.15) is 0 Å². The highest BCUT2D eigenvalue weighted by atomic mass is 32.1. The van der Waals surface area contributed by atoms with Gasteiger partial charge in [0.1, 0.15) is 5.82 Å². The molecule has 150 valence electrons. The number of amides is 1. The van der Waals surface area contributed by atoms with E-state index in [1.807, 2.05) is 41.8 Å². The van der Waals surface area contributed by atoms with Gasteiger partial charge in [0.25, 0.3) is 0 Å². The highest BCUT2D eigenvalue weighted by molar-refractivity contribution is 7.10. The number of fused-ring (bicyclic) bond motifs is 1. The molecular weight excluding hydrogens is 380 g/mol. The van der Waals surface area contributed by atoms with E-state index in [4.69, 9.17) is 4.98 Å². The fraction of sp³-hybridized carbons (Fsp3) is 0.304. The molecule has 1 aliphatic rings. The number of aryl methyl sites for hydroxylation is 1. The third kappa shape index (κ3) is 4.66. The quantitative estimate of drug-likeness (QED) is 0.640. The molecule has 29 heavy (non-hydrogen) atoms. The number of likely N-dealkylation sites (N-methyl/N-ethyl adjacent to an activating group) is 1. The number of nitrogens with zero attached hydrogens (tertiary/aromatic N) is 2.